The van der Waals surface area contributed by atoms with E-state index in [2.05, 4.69) is 42.3 Å². The van der Waals surface area contributed by atoms with E-state index in [-0.39, 0.29) is 19.6 Å². The number of aliphatic hydroxyl groups excluding tert-OH is 3. The van der Waals surface area contributed by atoms with Crippen molar-refractivity contribution in [3.63, 3.8) is 0 Å². The van der Waals surface area contributed by atoms with Crippen LogP contribution in [-0.4, -0.2) is 97.5 Å². The number of aliphatic hydroxyl groups is 3. The van der Waals surface area contributed by atoms with Crippen LogP contribution in [0.1, 0.15) is 194 Å². The summed E-state index contributed by atoms with van der Waals surface area (Å²) >= 11 is 0. The molecule has 0 aromatic carbocycles. The van der Waals surface area contributed by atoms with E-state index < -0.39 is 59.8 Å². The molecule has 6 atom stereocenters. The zero-order valence-electron chi connectivity index (χ0n) is 36.4. The highest BCUT2D eigenvalue weighted by atomic mass is 32.3. The Morgan fingerprint density at radius 3 is 1.66 bits per heavy atom. The Morgan fingerprint density at radius 2 is 1.14 bits per heavy atom. The Labute approximate surface area is 352 Å². The van der Waals surface area contributed by atoms with Crippen molar-refractivity contribution < 1.29 is 56.2 Å². The van der Waals surface area contributed by atoms with Gasteiger partial charge in [-0.05, 0) is 44.9 Å². The molecule has 1 rings (SSSR count). The Balaban J connectivity index is 2.42. The van der Waals surface area contributed by atoms with Crippen LogP contribution in [0.2, 0.25) is 0 Å². The summed E-state index contributed by atoms with van der Waals surface area (Å²) in [4.78, 5) is 12.8. The summed E-state index contributed by atoms with van der Waals surface area (Å²) in [6.45, 7) is 3.98. The van der Waals surface area contributed by atoms with E-state index in [9.17, 15) is 28.5 Å². The lowest BCUT2D eigenvalue weighted by atomic mass is 9.99. The molecular formula is C45H84O12S. The maximum atomic E-state index is 12.8. The van der Waals surface area contributed by atoms with Gasteiger partial charge in [-0.2, -0.15) is 8.42 Å². The van der Waals surface area contributed by atoms with E-state index >= 15 is 0 Å². The highest BCUT2D eigenvalue weighted by Gasteiger charge is 2.48. The molecule has 13 heteroatoms. The number of allylic oxidation sites excluding steroid dienone is 4. The van der Waals surface area contributed by atoms with Crippen LogP contribution in [0.5, 0.6) is 0 Å². The van der Waals surface area contributed by atoms with Crippen molar-refractivity contribution in [1.29, 1.82) is 0 Å². The third-order valence-corrected chi connectivity index (χ3v) is 11.0. The van der Waals surface area contributed by atoms with Crippen molar-refractivity contribution in [2.75, 3.05) is 26.4 Å². The molecule has 0 saturated carbocycles. The standard InChI is InChI=1S/C45H84O12S/c1-3-5-7-9-11-13-15-17-18-19-20-21-22-24-26-28-30-32-34-41(47)55-39(37-53-35-33-31-29-27-25-23-16-14-12-10-8-6-4-2)38-54-45-43(49)44(57-58(50,51)52)42(48)40(36-46)56-45/h13,15,18-19,39-40,42-46,48-49H,3-12,14,16-17,20-38H2,1-2H3,(H,50,51,52)/b15-13-,19-18-. The molecule has 1 heterocycles. The molecule has 0 aliphatic carbocycles. The van der Waals surface area contributed by atoms with Gasteiger partial charge in [-0.3, -0.25) is 9.35 Å². The minimum atomic E-state index is -5.06. The second-order valence-electron chi connectivity index (χ2n) is 16.0. The Bertz CT molecular complexity index is 1120. The lowest BCUT2D eigenvalue weighted by Crippen LogP contribution is -2.60. The summed E-state index contributed by atoms with van der Waals surface area (Å²) in [6.07, 6.45) is 32.0. The first-order valence-electron chi connectivity index (χ1n) is 23.1. The maximum Gasteiger partial charge on any atom is 0.397 e. The van der Waals surface area contributed by atoms with Gasteiger partial charge in [0.05, 0.1) is 19.8 Å². The highest BCUT2D eigenvalue weighted by molar-refractivity contribution is 7.80. The number of carbonyl (C=O) groups is 1. The molecule has 12 nitrogen and oxygen atoms in total. The number of rotatable bonds is 40. The summed E-state index contributed by atoms with van der Waals surface area (Å²) in [5.41, 5.74) is 0. The van der Waals surface area contributed by atoms with Crippen molar-refractivity contribution in [2.24, 2.45) is 0 Å². The molecule has 0 amide bonds. The monoisotopic (exact) mass is 849 g/mol. The Hall–Kier alpha value is -1.42. The first kappa shape index (κ1) is 54.6. The number of hydrogen-bond donors (Lipinski definition) is 4. The number of esters is 1. The number of hydrogen-bond acceptors (Lipinski definition) is 11. The summed E-state index contributed by atoms with van der Waals surface area (Å²) in [6, 6.07) is 0. The number of carbonyl (C=O) groups excluding carboxylic acids is 1. The van der Waals surface area contributed by atoms with Gasteiger partial charge < -0.3 is 34.3 Å². The van der Waals surface area contributed by atoms with Gasteiger partial charge in [0.25, 0.3) is 0 Å². The van der Waals surface area contributed by atoms with E-state index in [4.69, 9.17) is 23.5 Å². The van der Waals surface area contributed by atoms with E-state index in [0.29, 0.717) is 13.0 Å². The SMILES string of the molecule is CCCCCC/C=C\C/C=C\CCCCCCCCCC(=O)OC(COCCCCCCCCCCCCCCC)COC1OC(CO)C(O)C(OS(=O)(=O)O)C1O. The topological polar surface area (TPSA) is 178 Å². The molecule has 1 saturated heterocycles. The fraction of sp³-hybridized carbons (Fsp3) is 0.889. The molecule has 4 N–H and O–H groups in total. The molecule has 1 aliphatic heterocycles. The third-order valence-electron chi connectivity index (χ3n) is 10.6. The minimum absolute atomic E-state index is 0.0365. The molecule has 1 aliphatic rings. The van der Waals surface area contributed by atoms with Crippen LogP contribution >= 0.6 is 0 Å². The lowest BCUT2D eigenvalue weighted by Gasteiger charge is -2.41. The van der Waals surface area contributed by atoms with Crippen molar-refractivity contribution in [1.82, 2.24) is 0 Å². The molecule has 1 fully saturated rings. The summed E-state index contributed by atoms with van der Waals surface area (Å²) < 4.78 is 59.0. The molecule has 58 heavy (non-hydrogen) atoms. The largest absolute Gasteiger partial charge is 0.457 e. The predicted molar refractivity (Wildman–Crippen MR) is 230 cm³/mol. The summed E-state index contributed by atoms with van der Waals surface area (Å²) in [5.74, 6) is -0.405. The number of unbranched alkanes of at least 4 members (excludes halogenated alkanes) is 23. The first-order chi connectivity index (χ1) is 28.1. The maximum absolute atomic E-state index is 12.8. The zero-order chi connectivity index (χ0) is 42.5. The van der Waals surface area contributed by atoms with E-state index in [0.717, 1.165) is 51.4 Å². The van der Waals surface area contributed by atoms with Crippen LogP contribution in [-0.2, 0) is 38.3 Å². The van der Waals surface area contributed by atoms with Crippen LogP contribution in [0.15, 0.2) is 24.3 Å². The van der Waals surface area contributed by atoms with Crippen LogP contribution < -0.4 is 0 Å². The fourth-order valence-electron chi connectivity index (χ4n) is 7.06. The highest BCUT2D eigenvalue weighted by Crippen LogP contribution is 2.26. The van der Waals surface area contributed by atoms with Gasteiger partial charge in [0.1, 0.15) is 30.5 Å². The second kappa shape index (κ2) is 37.4. The van der Waals surface area contributed by atoms with Crippen molar-refractivity contribution in [2.45, 2.75) is 230 Å². The van der Waals surface area contributed by atoms with Gasteiger partial charge >= 0.3 is 16.4 Å². The van der Waals surface area contributed by atoms with Gasteiger partial charge in [-0.1, -0.05) is 167 Å². The quantitative estimate of drug-likeness (QED) is 0.0199. The summed E-state index contributed by atoms with van der Waals surface area (Å²) in [7, 11) is -5.06. The number of ether oxygens (including phenoxy) is 4. The third kappa shape index (κ3) is 30.6. The lowest BCUT2D eigenvalue weighted by molar-refractivity contribution is -0.301. The van der Waals surface area contributed by atoms with Gasteiger partial charge in [0.15, 0.2) is 6.29 Å². The van der Waals surface area contributed by atoms with Gasteiger partial charge in [0, 0.05) is 13.0 Å². The van der Waals surface area contributed by atoms with Crippen molar-refractivity contribution >= 4 is 16.4 Å². The molecule has 0 bridgehead atoms. The molecule has 0 spiro atoms. The van der Waals surface area contributed by atoms with E-state index in [1.807, 2.05) is 0 Å². The fourth-order valence-corrected chi connectivity index (χ4v) is 7.56. The van der Waals surface area contributed by atoms with Crippen molar-refractivity contribution in [3.8, 4) is 0 Å². The smallest absolute Gasteiger partial charge is 0.397 e. The molecule has 0 radical (unpaired) electrons. The molecule has 6 unspecified atom stereocenters. The van der Waals surface area contributed by atoms with Crippen LogP contribution in [0, 0.1) is 0 Å². The van der Waals surface area contributed by atoms with Crippen LogP contribution in [0.25, 0.3) is 0 Å². The average molecular weight is 849 g/mol. The van der Waals surface area contributed by atoms with Crippen molar-refractivity contribution in [3.05, 3.63) is 24.3 Å². The molecule has 342 valence electrons. The normalized spacial score (nSPS) is 20.7. The van der Waals surface area contributed by atoms with Gasteiger partial charge in [-0.15, -0.1) is 0 Å². The van der Waals surface area contributed by atoms with Gasteiger partial charge in [0.2, 0.25) is 0 Å². The molecule has 0 aromatic heterocycles. The van der Waals surface area contributed by atoms with E-state index in [1.165, 1.54) is 116 Å². The van der Waals surface area contributed by atoms with E-state index in [1.54, 1.807) is 0 Å². The predicted octanol–water partition coefficient (Wildman–Crippen LogP) is 9.63. The molecular weight excluding hydrogens is 765 g/mol. The van der Waals surface area contributed by atoms with Crippen LogP contribution in [0.3, 0.4) is 0 Å². The first-order valence-corrected chi connectivity index (χ1v) is 24.5. The minimum Gasteiger partial charge on any atom is -0.457 e. The van der Waals surface area contributed by atoms with Crippen LogP contribution in [0.4, 0.5) is 0 Å². The Kier molecular flexibility index (Phi) is 35.2. The Morgan fingerprint density at radius 1 is 0.655 bits per heavy atom. The average Bonchev–Trinajstić information content (AvgIpc) is 3.19. The molecule has 0 aromatic rings. The summed E-state index contributed by atoms with van der Waals surface area (Å²) in [5, 5.41) is 30.6. The second-order valence-corrected chi connectivity index (χ2v) is 17.0. The zero-order valence-corrected chi connectivity index (χ0v) is 37.2. The van der Waals surface area contributed by atoms with Gasteiger partial charge in [-0.25, -0.2) is 4.18 Å².